The van der Waals surface area contributed by atoms with E-state index in [0.29, 0.717) is 0 Å². The highest BCUT2D eigenvalue weighted by atomic mass is 16.5. The second kappa shape index (κ2) is 10.3. The van der Waals surface area contributed by atoms with Crippen molar-refractivity contribution in [1.29, 1.82) is 0 Å². The molecule has 30 heavy (non-hydrogen) atoms. The van der Waals surface area contributed by atoms with Crippen LogP contribution in [0.15, 0.2) is 36.7 Å². The van der Waals surface area contributed by atoms with Crippen LogP contribution in [0, 0.1) is 5.92 Å². The van der Waals surface area contributed by atoms with Gasteiger partial charge in [0, 0.05) is 50.7 Å². The van der Waals surface area contributed by atoms with E-state index in [2.05, 4.69) is 53.1 Å². The summed E-state index contributed by atoms with van der Waals surface area (Å²) in [7, 11) is 4.19. The molecule has 0 N–H and O–H groups in total. The summed E-state index contributed by atoms with van der Waals surface area (Å²) in [4.78, 5) is 16.5. The Labute approximate surface area is 180 Å². The van der Waals surface area contributed by atoms with Crippen molar-refractivity contribution >= 4 is 5.95 Å². The number of benzene rings is 1. The number of aromatic nitrogens is 2. The van der Waals surface area contributed by atoms with Gasteiger partial charge in [-0.1, -0.05) is 18.2 Å². The van der Waals surface area contributed by atoms with Crippen molar-refractivity contribution in [3.05, 3.63) is 42.2 Å². The molecule has 1 aromatic heterocycles. The fraction of sp³-hybridized carbons (Fsp3) is 0.583. The van der Waals surface area contributed by atoms with Gasteiger partial charge in [-0.25, -0.2) is 9.97 Å². The van der Waals surface area contributed by atoms with Crippen LogP contribution in [0.25, 0.3) is 11.1 Å². The topological polar surface area (TPSA) is 44.7 Å². The highest BCUT2D eigenvalue weighted by Crippen LogP contribution is 2.25. The molecule has 0 aliphatic carbocycles. The molecule has 0 radical (unpaired) electrons. The molecular weight excluding hydrogens is 374 g/mol. The summed E-state index contributed by atoms with van der Waals surface area (Å²) in [5, 5.41) is 0. The molecule has 0 spiro atoms. The summed E-state index contributed by atoms with van der Waals surface area (Å²) < 4.78 is 5.45. The molecule has 2 aromatic rings. The van der Waals surface area contributed by atoms with Gasteiger partial charge in [-0.3, -0.25) is 4.90 Å². The molecule has 3 heterocycles. The first-order valence-corrected chi connectivity index (χ1v) is 11.3. The Hall–Kier alpha value is -2.02. The van der Waals surface area contributed by atoms with E-state index in [1.165, 1.54) is 36.9 Å². The van der Waals surface area contributed by atoms with Crippen molar-refractivity contribution in [1.82, 2.24) is 19.8 Å². The minimum atomic E-state index is 0.822. The molecule has 0 saturated carbocycles. The van der Waals surface area contributed by atoms with Crippen LogP contribution in [0.5, 0.6) is 0 Å². The summed E-state index contributed by atoms with van der Waals surface area (Å²) >= 11 is 0. The van der Waals surface area contributed by atoms with Gasteiger partial charge in [-0.15, -0.1) is 0 Å². The maximum atomic E-state index is 5.45. The van der Waals surface area contributed by atoms with Crippen LogP contribution in [0.1, 0.15) is 24.8 Å². The Morgan fingerprint density at radius 3 is 2.43 bits per heavy atom. The lowest BCUT2D eigenvalue weighted by Crippen LogP contribution is -2.39. The maximum absolute atomic E-state index is 5.45. The van der Waals surface area contributed by atoms with Crippen LogP contribution in [-0.2, 0) is 11.3 Å². The monoisotopic (exact) mass is 409 g/mol. The SMILES string of the molecule is CN(C)Cc1cccc(-c2cnc(N3CCC(CCN4CCOCC4)CC3)nc2)c1. The summed E-state index contributed by atoms with van der Waals surface area (Å²) in [6.07, 6.45) is 7.73. The van der Waals surface area contributed by atoms with Gasteiger partial charge < -0.3 is 14.5 Å². The first-order valence-electron chi connectivity index (χ1n) is 11.3. The van der Waals surface area contributed by atoms with Crippen LogP contribution in [0.3, 0.4) is 0 Å². The minimum absolute atomic E-state index is 0.822. The Balaban J connectivity index is 1.28. The Morgan fingerprint density at radius 2 is 1.73 bits per heavy atom. The molecule has 1 aromatic carbocycles. The van der Waals surface area contributed by atoms with E-state index < -0.39 is 0 Å². The number of hydrogen-bond acceptors (Lipinski definition) is 6. The minimum Gasteiger partial charge on any atom is -0.379 e. The number of hydrogen-bond donors (Lipinski definition) is 0. The standard InChI is InChI=1S/C24H35N5O/c1-27(2)19-21-4-3-5-22(16-21)23-17-25-24(26-18-23)29-10-7-20(8-11-29)6-9-28-12-14-30-15-13-28/h3-5,16-18,20H,6-15,19H2,1-2H3. The van der Waals surface area contributed by atoms with E-state index in [4.69, 9.17) is 14.7 Å². The number of anilines is 1. The van der Waals surface area contributed by atoms with E-state index in [1.807, 2.05) is 12.4 Å². The predicted octanol–water partition coefficient (Wildman–Crippen LogP) is 3.14. The molecular formula is C24H35N5O. The molecule has 6 nitrogen and oxygen atoms in total. The molecule has 0 amide bonds. The van der Waals surface area contributed by atoms with Crippen molar-refractivity contribution in [2.45, 2.75) is 25.8 Å². The largest absolute Gasteiger partial charge is 0.379 e. The summed E-state index contributed by atoms with van der Waals surface area (Å²) in [5.41, 5.74) is 3.57. The van der Waals surface area contributed by atoms with Gasteiger partial charge in [0.1, 0.15) is 0 Å². The Bertz CT molecular complexity index is 780. The van der Waals surface area contributed by atoms with Crippen molar-refractivity contribution in [2.75, 3.05) is 64.9 Å². The third-order valence-electron chi connectivity index (χ3n) is 6.25. The van der Waals surface area contributed by atoms with Crippen LogP contribution in [-0.4, -0.2) is 79.8 Å². The number of ether oxygens (including phenoxy) is 1. The third-order valence-corrected chi connectivity index (χ3v) is 6.25. The molecule has 162 valence electrons. The van der Waals surface area contributed by atoms with E-state index in [0.717, 1.165) is 63.4 Å². The van der Waals surface area contributed by atoms with E-state index in [-0.39, 0.29) is 0 Å². The molecule has 0 atom stereocenters. The Kier molecular flexibility index (Phi) is 7.31. The van der Waals surface area contributed by atoms with Crippen molar-refractivity contribution in [3.8, 4) is 11.1 Å². The average molecular weight is 410 g/mol. The summed E-state index contributed by atoms with van der Waals surface area (Å²) in [6, 6.07) is 8.65. The number of rotatable bonds is 7. The van der Waals surface area contributed by atoms with Crippen molar-refractivity contribution in [3.63, 3.8) is 0 Å². The van der Waals surface area contributed by atoms with E-state index >= 15 is 0 Å². The zero-order valence-electron chi connectivity index (χ0n) is 18.5. The van der Waals surface area contributed by atoms with E-state index in [1.54, 1.807) is 0 Å². The number of nitrogens with zero attached hydrogens (tertiary/aromatic N) is 5. The Morgan fingerprint density at radius 1 is 1.00 bits per heavy atom. The average Bonchev–Trinajstić information content (AvgIpc) is 2.79. The van der Waals surface area contributed by atoms with Gasteiger partial charge in [0.25, 0.3) is 0 Å². The van der Waals surface area contributed by atoms with Crippen LogP contribution < -0.4 is 4.90 Å². The summed E-state index contributed by atoms with van der Waals surface area (Å²) in [5.74, 6) is 1.69. The normalized spacial score (nSPS) is 18.8. The number of morpholine rings is 1. The summed E-state index contributed by atoms with van der Waals surface area (Å²) in [6.45, 7) is 8.25. The van der Waals surface area contributed by atoms with Gasteiger partial charge in [-0.2, -0.15) is 0 Å². The zero-order valence-corrected chi connectivity index (χ0v) is 18.5. The van der Waals surface area contributed by atoms with Gasteiger partial charge in [0.15, 0.2) is 0 Å². The molecule has 6 heteroatoms. The van der Waals surface area contributed by atoms with Crippen LogP contribution >= 0.6 is 0 Å². The molecule has 2 aliphatic rings. The molecule has 0 unspecified atom stereocenters. The van der Waals surface area contributed by atoms with Crippen molar-refractivity contribution in [2.24, 2.45) is 5.92 Å². The van der Waals surface area contributed by atoms with Crippen LogP contribution in [0.4, 0.5) is 5.95 Å². The lowest BCUT2D eigenvalue weighted by Gasteiger charge is -2.34. The quantitative estimate of drug-likeness (QED) is 0.700. The van der Waals surface area contributed by atoms with Gasteiger partial charge in [0.05, 0.1) is 13.2 Å². The van der Waals surface area contributed by atoms with Gasteiger partial charge >= 0.3 is 0 Å². The van der Waals surface area contributed by atoms with Gasteiger partial charge in [-0.05, 0) is 63.0 Å². The second-order valence-electron chi connectivity index (χ2n) is 8.88. The van der Waals surface area contributed by atoms with Crippen molar-refractivity contribution < 1.29 is 4.74 Å². The first-order chi connectivity index (χ1) is 14.7. The molecule has 2 saturated heterocycles. The first kappa shape index (κ1) is 21.2. The zero-order chi connectivity index (χ0) is 20.8. The second-order valence-corrected chi connectivity index (χ2v) is 8.88. The fourth-order valence-corrected chi connectivity index (χ4v) is 4.46. The molecule has 4 rings (SSSR count). The molecule has 2 aliphatic heterocycles. The smallest absolute Gasteiger partial charge is 0.225 e. The highest BCUT2D eigenvalue weighted by molar-refractivity contribution is 5.63. The molecule has 2 fully saturated rings. The lowest BCUT2D eigenvalue weighted by atomic mass is 9.93. The fourth-order valence-electron chi connectivity index (χ4n) is 4.46. The highest BCUT2D eigenvalue weighted by Gasteiger charge is 2.22. The molecule has 0 bridgehead atoms. The predicted molar refractivity (Wildman–Crippen MR) is 122 cm³/mol. The lowest BCUT2D eigenvalue weighted by molar-refractivity contribution is 0.0349. The van der Waals surface area contributed by atoms with E-state index in [9.17, 15) is 0 Å². The van der Waals surface area contributed by atoms with Gasteiger partial charge in [0.2, 0.25) is 5.95 Å². The van der Waals surface area contributed by atoms with Crippen LogP contribution in [0.2, 0.25) is 0 Å². The maximum Gasteiger partial charge on any atom is 0.225 e. The third kappa shape index (κ3) is 5.78. The number of piperidine rings is 1.